The van der Waals surface area contributed by atoms with Crippen molar-refractivity contribution in [2.75, 3.05) is 0 Å². The van der Waals surface area contributed by atoms with Crippen LogP contribution in [0.2, 0.25) is 0 Å². The lowest BCUT2D eigenvalue weighted by molar-refractivity contribution is -0.0190. The molecule has 3 nitrogen and oxygen atoms in total. The molecule has 2 atom stereocenters. The molecule has 5 rings (SSSR count). The highest BCUT2D eigenvalue weighted by Crippen LogP contribution is 2.47. The highest BCUT2D eigenvalue weighted by Gasteiger charge is 2.40. The van der Waals surface area contributed by atoms with Crippen LogP contribution in [0.1, 0.15) is 46.5 Å². The second-order valence-electron chi connectivity index (χ2n) is 7.43. The number of fused-ring (bicyclic) bond motifs is 3. The van der Waals surface area contributed by atoms with E-state index in [0.717, 1.165) is 23.4 Å². The summed E-state index contributed by atoms with van der Waals surface area (Å²) < 4.78 is 6.39. The van der Waals surface area contributed by atoms with Gasteiger partial charge < -0.3 is 4.74 Å². The Labute approximate surface area is 159 Å². The van der Waals surface area contributed by atoms with E-state index in [1.54, 1.807) is 0 Å². The molecule has 3 heteroatoms. The Morgan fingerprint density at radius 2 is 1.52 bits per heavy atom. The minimum Gasteiger partial charge on any atom is -0.464 e. The molecule has 2 aliphatic rings. The minimum absolute atomic E-state index is 0.201. The van der Waals surface area contributed by atoms with Crippen molar-refractivity contribution in [3.63, 3.8) is 0 Å². The fraction of sp³-hybridized carbons (Fsp3) is 0.208. The molecule has 0 spiro atoms. The van der Waals surface area contributed by atoms with E-state index in [0.29, 0.717) is 0 Å². The van der Waals surface area contributed by atoms with Gasteiger partial charge in [0, 0.05) is 17.5 Å². The molecule has 0 amide bonds. The van der Waals surface area contributed by atoms with Gasteiger partial charge in [-0.15, -0.1) is 0 Å². The van der Waals surface area contributed by atoms with Crippen molar-refractivity contribution in [2.45, 2.75) is 32.5 Å². The number of benzene rings is 3. The van der Waals surface area contributed by atoms with Crippen molar-refractivity contribution in [2.24, 2.45) is 5.10 Å². The summed E-state index contributed by atoms with van der Waals surface area (Å²) in [6.45, 7) is 4.22. The molecule has 3 aromatic rings. The molecular weight excluding hydrogens is 332 g/mol. The van der Waals surface area contributed by atoms with Crippen molar-refractivity contribution in [1.29, 1.82) is 0 Å². The van der Waals surface area contributed by atoms with Gasteiger partial charge >= 0.3 is 0 Å². The Balaban J connectivity index is 1.58. The predicted octanol–water partition coefficient (Wildman–Crippen LogP) is 5.55. The summed E-state index contributed by atoms with van der Waals surface area (Å²) >= 11 is 0. The molecule has 0 radical (unpaired) electrons. The van der Waals surface area contributed by atoms with Crippen molar-refractivity contribution < 1.29 is 4.74 Å². The highest BCUT2D eigenvalue weighted by molar-refractivity contribution is 6.02. The summed E-state index contributed by atoms with van der Waals surface area (Å²) in [5, 5.41) is 7.16. The molecule has 134 valence electrons. The number of hydrogen-bond acceptors (Lipinski definition) is 3. The first-order chi connectivity index (χ1) is 13.2. The summed E-state index contributed by atoms with van der Waals surface area (Å²) in [6.07, 6.45) is 0.694. The van der Waals surface area contributed by atoms with E-state index in [1.165, 1.54) is 22.3 Å². The first-order valence-corrected chi connectivity index (χ1v) is 9.44. The molecule has 0 bridgehead atoms. The SMILES string of the molecule is Cc1ccc(C2=NN3[C@H](C2)c2ccccc2O[C@H]3c2ccc(C)cc2)cc1. The molecule has 0 aliphatic carbocycles. The van der Waals surface area contributed by atoms with Crippen molar-refractivity contribution >= 4 is 5.71 Å². The lowest BCUT2D eigenvalue weighted by Crippen LogP contribution is -2.33. The minimum atomic E-state index is -0.201. The second-order valence-corrected chi connectivity index (χ2v) is 7.43. The van der Waals surface area contributed by atoms with Gasteiger partial charge in [0.25, 0.3) is 0 Å². The molecule has 2 aliphatic heterocycles. The third-order valence-corrected chi connectivity index (χ3v) is 5.45. The largest absolute Gasteiger partial charge is 0.464 e. The topological polar surface area (TPSA) is 24.8 Å². The first-order valence-electron chi connectivity index (χ1n) is 9.44. The van der Waals surface area contributed by atoms with Crippen LogP contribution in [0.3, 0.4) is 0 Å². The van der Waals surface area contributed by atoms with Gasteiger partial charge in [0.15, 0.2) is 0 Å². The molecule has 0 N–H and O–H groups in total. The molecule has 0 saturated carbocycles. The highest BCUT2D eigenvalue weighted by atomic mass is 16.5. The van der Waals surface area contributed by atoms with Gasteiger partial charge in [-0.3, -0.25) is 0 Å². The maximum absolute atomic E-state index is 6.39. The van der Waals surface area contributed by atoms with Gasteiger partial charge in [-0.2, -0.15) is 5.10 Å². The molecule has 0 aromatic heterocycles. The lowest BCUT2D eigenvalue weighted by Gasteiger charge is -2.38. The number of aryl methyl sites for hydroxylation is 2. The Kier molecular flexibility index (Phi) is 3.75. The fourth-order valence-corrected chi connectivity index (χ4v) is 3.91. The fourth-order valence-electron chi connectivity index (χ4n) is 3.91. The van der Waals surface area contributed by atoms with Crippen LogP contribution in [0.4, 0.5) is 0 Å². The normalized spacial score (nSPS) is 20.5. The van der Waals surface area contributed by atoms with E-state index in [2.05, 4.69) is 85.6 Å². The van der Waals surface area contributed by atoms with E-state index < -0.39 is 0 Å². The average Bonchev–Trinajstić information content (AvgIpc) is 3.14. The summed E-state index contributed by atoms with van der Waals surface area (Å²) in [4.78, 5) is 0. The van der Waals surface area contributed by atoms with E-state index in [1.807, 2.05) is 6.07 Å². The monoisotopic (exact) mass is 354 g/mol. The van der Waals surface area contributed by atoms with Crippen LogP contribution in [0.5, 0.6) is 5.75 Å². The number of hydrazone groups is 1. The summed E-state index contributed by atoms with van der Waals surface area (Å²) in [7, 11) is 0. The molecule has 0 saturated heterocycles. The number of para-hydroxylation sites is 1. The summed E-state index contributed by atoms with van der Waals surface area (Å²) in [5.41, 5.74) is 7.17. The third kappa shape index (κ3) is 2.80. The maximum atomic E-state index is 6.39. The number of hydrogen-bond donors (Lipinski definition) is 0. The number of nitrogens with zero attached hydrogens (tertiary/aromatic N) is 2. The molecular formula is C24H22N2O. The van der Waals surface area contributed by atoms with Crippen LogP contribution in [0.15, 0.2) is 77.9 Å². The Bertz CT molecular complexity index is 1010. The van der Waals surface area contributed by atoms with Crippen LogP contribution in [-0.2, 0) is 0 Å². The zero-order valence-corrected chi connectivity index (χ0v) is 15.6. The number of ether oxygens (including phenoxy) is 1. The van der Waals surface area contributed by atoms with Crippen LogP contribution >= 0.6 is 0 Å². The van der Waals surface area contributed by atoms with Gasteiger partial charge in [0.2, 0.25) is 6.23 Å². The average molecular weight is 354 g/mol. The van der Waals surface area contributed by atoms with E-state index in [9.17, 15) is 0 Å². The third-order valence-electron chi connectivity index (χ3n) is 5.45. The molecule has 0 fully saturated rings. The van der Waals surface area contributed by atoms with E-state index in [-0.39, 0.29) is 12.3 Å². The number of rotatable bonds is 2. The summed E-state index contributed by atoms with van der Waals surface area (Å²) in [5.74, 6) is 0.963. The van der Waals surface area contributed by atoms with Gasteiger partial charge in [0.1, 0.15) is 5.75 Å². The van der Waals surface area contributed by atoms with Crippen molar-refractivity contribution in [1.82, 2.24) is 5.01 Å². The van der Waals surface area contributed by atoms with Crippen LogP contribution in [0.25, 0.3) is 0 Å². The van der Waals surface area contributed by atoms with Crippen LogP contribution in [-0.4, -0.2) is 10.7 Å². The summed E-state index contributed by atoms with van der Waals surface area (Å²) in [6, 6.07) is 25.7. The Hall–Kier alpha value is -3.07. The maximum Gasteiger partial charge on any atom is 0.213 e. The Morgan fingerprint density at radius 1 is 0.852 bits per heavy atom. The van der Waals surface area contributed by atoms with Gasteiger partial charge in [0.05, 0.1) is 11.8 Å². The van der Waals surface area contributed by atoms with Crippen molar-refractivity contribution in [3.05, 3.63) is 101 Å². The van der Waals surface area contributed by atoms with Crippen molar-refractivity contribution in [3.8, 4) is 5.75 Å². The molecule has 0 unspecified atom stereocenters. The van der Waals surface area contributed by atoms with Gasteiger partial charge in [-0.05, 0) is 25.5 Å². The quantitative estimate of drug-likeness (QED) is 0.603. The van der Waals surface area contributed by atoms with Crippen LogP contribution in [0, 0.1) is 13.8 Å². The molecule has 3 aromatic carbocycles. The van der Waals surface area contributed by atoms with Gasteiger partial charge in [-0.25, -0.2) is 5.01 Å². The van der Waals surface area contributed by atoms with E-state index >= 15 is 0 Å². The van der Waals surface area contributed by atoms with E-state index in [4.69, 9.17) is 9.84 Å². The lowest BCUT2D eigenvalue weighted by atomic mass is 9.95. The van der Waals surface area contributed by atoms with Gasteiger partial charge in [-0.1, -0.05) is 77.9 Å². The predicted molar refractivity (Wildman–Crippen MR) is 108 cm³/mol. The zero-order valence-electron chi connectivity index (χ0n) is 15.6. The second kappa shape index (κ2) is 6.27. The Morgan fingerprint density at radius 3 is 2.26 bits per heavy atom. The zero-order chi connectivity index (χ0) is 18.4. The standard InChI is InChI=1S/C24H22N2O/c1-16-7-11-18(12-8-16)21-15-22-20-5-3-4-6-23(20)27-24(26(22)25-21)19-13-9-17(2)10-14-19/h3-14,22,24H,15H2,1-2H3/t22-,24+/m1/s1. The molecule has 27 heavy (non-hydrogen) atoms. The van der Waals surface area contributed by atoms with Crippen LogP contribution < -0.4 is 4.74 Å². The first kappa shape index (κ1) is 16.1. The smallest absolute Gasteiger partial charge is 0.213 e. The molecule has 2 heterocycles.